The Labute approximate surface area is 93.0 Å². The van der Waals surface area contributed by atoms with E-state index in [1.165, 1.54) is 6.92 Å². The van der Waals surface area contributed by atoms with Gasteiger partial charge in [0.2, 0.25) is 0 Å². The minimum absolute atomic E-state index is 0.0654. The predicted molar refractivity (Wildman–Crippen MR) is 58.9 cm³/mol. The van der Waals surface area contributed by atoms with Gasteiger partial charge in [-0.1, -0.05) is 30.3 Å². The van der Waals surface area contributed by atoms with Crippen LogP contribution >= 0.6 is 0 Å². The van der Waals surface area contributed by atoms with Crippen LogP contribution in [0.15, 0.2) is 35.9 Å². The number of carbonyl (C=O) groups excluding carboxylic acids is 2. The van der Waals surface area contributed by atoms with Crippen LogP contribution < -0.4 is 5.73 Å². The van der Waals surface area contributed by atoms with Gasteiger partial charge >= 0.3 is 0 Å². The summed E-state index contributed by atoms with van der Waals surface area (Å²) in [5.41, 5.74) is 5.33. The van der Waals surface area contributed by atoms with Gasteiger partial charge in [-0.25, -0.2) is 0 Å². The van der Waals surface area contributed by atoms with Gasteiger partial charge in [-0.3, -0.25) is 9.59 Å². The number of carbonyl (C=O) groups is 2. The number of hydrogen-bond acceptors (Lipinski definition) is 3. The number of hydrogen-bond donors (Lipinski definition) is 1. The molecule has 80 valence electrons. The zero-order valence-electron chi connectivity index (χ0n) is 8.73. The summed E-state index contributed by atoms with van der Waals surface area (Å²) in [5.74, 6) is -1.25. The van der Waals surface area contributed by atoms with Crippen LogP contribution in [0.3, 0.4) is 0 Å². The van der Waals surface area contributed by atoms with Gasteiger partial charge in [0.25, 0.3) is 5.91 Å². The molecule has 1 amide bonds. The number of benzene rings is 1. The third-order valence-corrected chi connectivity index (χ3v) is 2.02. The Hall–Kier alpha value is -2.41. The van der Waals surface area contributed by atoms with Crippen molar-refractivity contribution in [2.75, 3.05) is 0 Å². The number of rotatable bonds is 3. The highest BCUT2D eigenvalue weighted by molar-refractivity contribution is 6.26. The van der Waals surface area contributed by atoms with E-state index in [0.717, 1.165) is 0 Å². The summed E-state index contributed by atoms with van der Waals surface area (Å²) in [7, 11) is 0. The quantitative estimate of drug-likeness (QED) is 0.602. The molecule has 0 aromatic heterocycles. The number of nitriles is 1. The molecule has 0 heterocycles. The maximum atomic E-state index is 11.4. The summed E-state index contributed by atoms with van der Waals surface area (Å²) in [4.78, 5) is 22.5. The number of ketones is 1. The predicted octanol–water partition coefficient (Wildman–Crippen LogP) is 1.04. The maximum absolute atomic E-state index is 11.4. The van der Waals surface area contributed by atoms with Crippen molar-refractivity contribution in [3.63, 3.8) is 0 Å². The lowest BCUT2D eigenvalue weighted by Gasteiger charge is -2.05. The lowest BCUT2D eigenvalue weighted by atomic mass is 9.97. The molecule has 0 fully saturated rings. The highest BCUT2D eigenvalue weighted by Gasteiger charge is 2.17. The summed E-state index contributed by atoms with van der Waals surface area (Å²) in [6, 6.07) is 10.2. The molecule has 4 heteroatoms. The Bertz CT molecular complexity index is 496. The summed E-state index contributed by atoms with van der Waals surface area (Å²) < 4.78 is 0. The molecule has 1 rings (SSSR count). The van der Waals surface area contributed by atoms with Gasteiger partial charge in [0.05, 0.1) is 0 Å². The second-order valence-corrected chi connectivity index (χ2v) is 3.15. The number of nitrogens with two attached hydrogens (primary N) is 1. The van der Waals surface area contributed by atoms with E-state index in [2.05, 4.69) is 0 Å². The Morgan fingerprint density at radius 2 is 1.81 bits per heavy atom. The van der Waals surface area contributed by atoms with E-state index >= 15 is 0 Å². The molecule has 4 nitrogen and oxygen atoms in total. The van der Waals surface area contributed by atoms with E-state index < -0.39 is 5.91 Å². The maximum Gasteiger partial charge on any atom is 0.260 e. The molecular formula is C12H10N2O2. The highest BCUT2D eigenvalue weighted by atomic mass is 16.1. The average molecular weight is 214 g/mol. The zero-order valence-corrected chi connectivity index (χ0v) is 8.73. The van der Waals surface area contributed by atoms with Crippen LogP contribution in [0.2, 0.25) is 0 Å². The van der Waals surface area contributed by atoms with Crippen molar-refractivity contribution < 1.29 is 9.59 Å². The van der Waals surface area contributed by atoms with Gasteiger partial charge in [-0.15, -0.1) is 0 Å². The van der Waals surface area contributed by atoms with E-state index in [1.807, 2.05) is 0 Å². The van der Waals surface area contributed by atoms with Crippen LogP contribution in [0.5, 0.6) is 0 Å². The molecule has 0 aliphatic heterocycles. The van der Waals surface area contributed by atoms with E-state index in [4.69, 9.17) is 11.0 Å². The van der Waals surface area contributed by atoms with Gasteiger partial charge in [0, 0.05) is 5.57 Å². The minimum Gasteiger partial charge on any atom is -0.365 e. The normalized spacial score (nSPS) is 11.2. The molecule has 16 heavy (non-hydrogen) atoms. The van der Waals surface area contributed by atoms with E-state index in [9.17, 15) is 9.59 Å². The van der Waals surface area contributed by atoms with E-state index in [0.29, 0.717) is 5.56 Å². The van der Waals surface area contributed by atoms with Crippen molar-refractivity contribution in [1.82, 2.24) is 0 Å². The number of allylic oxidation sites excluding steroid dienone is 1. The summed E-state index contributed by atoms with van der Waals surface area (Å²) in [6.07, 6.45) is 0. The number of nitrogens with zero attached hydrogens (tertiary/aromatic N) is 1. The van der Waals surface area contributed by atoms with Crippen molar-refractivity contribution in [3.05, 3.63) is 41.5 Å². The number of amides is 1. The first-order valence-corrected chi connectivity index (χ1v) is 4.58. The van der Waals surface area contributed by atoms with Crippen molar-refractivity contribution >= 4 is 17.3 Å². The summed E-state index contributed by atoms with van der Waals surface area (Å²) >= 11 is 0. The Morgan fingerprint density at radius 3 is 2.19 bits per heavy atom. The second kappa shape index (κ2) is 4.89. The van der Waals surface area contributed by atoms with Crippen molar-refractivity contribution in [3.8, 4) is 6.07 Å². The molecule has 1 aromatic carbocycles. The minimum atomic E-state index is -0.892. The molecule has 0 aliphatic carbocycles. The highest BCUT2D eigenvalue weighted by Crippen LogP contribution is 2.19. The molecule has 0 unspecified atom stereocenters. The lowest BCUT2D eigenvalue weighted by molar-refractivity contribution is -0.115. The fourth-order valence-electron chi connectivity index (χ4n) is 1.36. The van der Waals surface area contributed by atoms with Crippen LogP contribution in [0.4, 0.5) is 0 Å². The first kappa shape index (κ1) is 11.7. The van der Waals surface area contributed by atoms with E-state index in [-0.39, 0.29) is 16.9 Å². The molecule has 1 aromatic rings. The molecule has 0 radical (unpaired) electrons. The lowest BCUT2D eigenvalue weighted by Crippen LogP contribution is -2.16. The van der Waals surface area contributed by atoms with Crippen molar-refractivity contribution in [1.29, 1.82) is 5.26 Å². The molecule has 0 bridgehead atoms. The molecule has 0 aliphatic rings. The van der Waals surface area contributed by atoms with Gasteiger partial charge in [-0.05, 0) is 12.5 Å². The van der Waals surface area contributed by atoms with Gasteiger partial charge in [-0.2, -0.15) is 5.26 Å². The van der Waals surface area contributed by atoms with Crippen LogP contribution in [0.25, 0.3) is 5.57 Å². The fraction of sp³-hybridized carbons (Fsp3) is 0.0833. The van der Waals surface area contributed by atoms with Crippen LogP contribution in [-0.4, -0.2) is 11.7 Å². The van der Waals surface area contributed by atoms with Gasteiger partial charge < -0.3 is 5.73 Å². The largest absolute Gasteiger partial charge is 0.365 e. The van der Waals surface area contributed by atoms with Crippen molar-refractivity contribution in [2.45, 2.75) is 6.92 Å². The first-order chi connectivity index (χ1) is 7.57. The Kier molecular flexibility index (Phi) is 3.57. The van der Waals surface area contributed by atoms with Gasteiger partial charge in [0.1, 0.15) is 11.6 Å². The zero-order chi connectivity index (χ0) is 12.1. The van der Waals surface area contributed by atoms with Crippen LogP contribution in [0.1, 0.15) is 12.5 Å². The Morgan fingerprint density at radius 1 is 1.25 bits per heavy atom. The number of primary amides is 1. The average Bonchev–Trinajstić information content (AvgIpc) is 2.25. The van der Waals surface area contributed by atoms with Crippen LogP contribution in [-0.2, 0) is 9.59 Å². The van der Waals surface area contributed by atoms with Gasteiger partial charge in [0.15, 0.2) is 5.78 Å². The summed E-state index contributed by atoms with van der Waals surface area (Å²) in [6.45, 7) is 1.29. The molecule has 0 saturated carbocycles. The molecule has 0 saturated heterocycles. The fourth-order valence-corrected chi connectivity index (χ4v) is 1.36. The standard InChI is InChI=1S/C12H10N2O2/c1-8(15)11(10(7-13)12(14)16)9-5-3-2-4-6-9/h2-6H,1H3,(H2,14,16)/b11-10-. The number of Topliss-reactive ketones (excluding diaryl/α,β-unsaturated/α-hetero) is 1. The smallest absolute Gasteiger partial charge is 0.260 e. The van der Waals surface area contributed by atoms with Crippen LogP contribution in [0, 0.1) is 11.3 Å². The first-order valence-electron chi connectivity index (χ1n) is 4.58. The molecular weight excluding hydrogens is 204 g/mol. The topological polar surface area (TPSA) is 83.9 Å². The third-order valence-electron chi connectivity index (χ3n) is 2.02. The monoisotopic (exact) mass is 214 g/mol. The molecule has 0 spiro atoms. The third kappa shape index (κ3) is 2.34. The molecule has 0 atom stereocenters. The van der Waals surface area contributed by atoms with E-state index in [1.54, 1.807) is 36.4 Å². The molecule has 2 N–H and O–H groups in total. The second-order valence-electron chi connectivity index (χ2n) is 3.15. The Balaban J connectivity index is 3.48. The summed E-state index contributed by atoms with van der Waals surface area (Å²) in [5, 5.41) is 8.82. The SMILES string of the molecule is CC(=O)/C(=C(\C#N)C(N)=O)c1ccccc1. The van der Waals surface area contributed by atoms with Crippen molar-refractivity contribution in [2.24, 2.45) is 5.73 Å².